The maximum Gasteiger partial charge on any atom is 0.337 e. The first-order valence-corrected chi connectivity index (χ1v) is 11.5. The molecule has 36 heavy (non-hydrogen) atoms. The smallest absolute Gasteiger partial charge is 0.337 e. The first kappa shape index (κ1) is 24.7. The van der Waals surface area contributed by atoms with Crippen molar-refractivity contribution in [3.8, 4) is 0 Å². The van der Waals surface area contributed by atoms with Gasteiger partial charge < -0.3 is 25.6 Å². The molecule has 0 fully saturated rings. The number of likely N-dealkylation sites (N-methyl/N-ethyl adjacent to an activating group) is 2. The number of benzene rings is 3. The van der Waals surface area contributed by atoms with E-state index in [9.17, 15) is 14.4 Å². The van der Waals surface area contributed by atoms with Crippen molar-refractivity contribution in [2.75, 3.05) is 44.9 Å². The number of carbonyl (C=O) groups is 3. The number of anilines is 2. The average molecular weight is 485 g/mol. The van der Waals surface area contributed by atoms with Gasteiger partial charge in [0.1, 0.15) is 0 Å². The number of nitrogens with one attached hydrogen (secondary N) is 3. The molecule has 0 saturated heterocycles. The molecule has 2 amide bonds. The Morgan fingerprint density at radius 1 is 0.944 bits per heavy atom. The third-order valence-corrected chi connectivity index (χ3v) is 5.92. The van der Waals surface area contributed by atoms with Crippen LogP contribution < -0.4 is 16.0 Å². The molecule has 4 rings (SSSR count). The summed E-state index contributed by atoms with van der Waals surface area (Å²) in [6.45, 7) is 1.27. The number of methoxy groups -OCH3 is 1. The van der Waals surface area contributed by atoms with Crippen LogP contribution in [-0.4, -0.2) is 57.0 Å². The van der Waals surface area contributed by atoms with Gasteiger partial charge in [0.25, 0.3) is 11.8 Å². The normalized spacial score (nSPS) is 13.5. The zero-order chi connectivity index (χ0) is 25.7. The maximum atomic E-state index is 13.2. The van der Waals surface area contributed by atoms with E-state index < -0.39 is 5.97 Å². The van der Waals surface area contributed by atoms with Gasteiger partial charge in [0.15, 0.2) is 0 Å². The Morgan fingerprint density at radius 2 is 1.69 bits per heavy atom. The first-order chi connectivity index (χ1) is 17.4. The Kier molecular flexibility index (Phi) is 7.46. The second-order valence-electron chi connectivity index (χ2n) is 8.36. The lowest BCUT2D eigenvalue weighted by atomic mass is 9.99. The number of carbonyl (C=O) groups excluding carboxylic acids is 3. The van der Waals surface area contributed by atoms with E-state index in [4.69, 9.17) is 4.74 Å². The minimum absolute atomic E-state index is 0.0953. The summed E-state index contributed by atoms with van der Waals surface area (Å²) in [4.78, 5) is 39.7. The van der Waals surface area contributed by atoms with Crippen LogP contribution in [0.3, 0.4) is 0 Å². The molecule has 3 aromatic carbocycles. The molecule has 1 aliphatic heterocycles. The van der Waals surface area contributed by atoms with E-state index in [-0.39, 0.29) is 11.8 Å². The Labute approximate surface area is 210 Å². The number of fused-ring (bicyclic) bond motifs is 1. The molecule has 3 N–H and O–H groups in total. The molecule has 1 heterocycles. The van der Waals surface area contributed by atoms with Crippen LogP contribution in [0.15, 0.2) is 72.8 Å². The first-order valence-electron chi connectivity index (χ1n) is 11.5. The van der Waals surface area contributed by atoms with Crippen LogP contribution in [0.1, 0.15) is 31.8 Å². The second kappa shape index (κ2) is 10.9. The van der Waals surface area contributed by atoms with Crippen molar-refractivity contribution in [2.24, 2.45) is 0 Å². The lowest BCUT2D eigenvalue weighted by Gasteiger charge is -2.18. The van der Waals surface area contributed by atoms with Gasteiger partial charge >= 0.3 is 5.97 Å². The second-order valence-corrected chi connectivity index (χ2v) is 8.36. The summed E-state index contributed by atoms with van der Waals surface area (Å²) >= 11 is 0. The van der Waals surface area contributed by atoms with Crippen LogP contribution >= 0.6 is 0 Å². The summed E-state index contributed by atoms with van der Waals surface area (Å²) in [6, 6.07) is 21.7. The molecule has 0 aromatic heterocycles. The highest BCUT2D eigenvalue weighted by Gasteiger charge is 2.29. The molecular weight excluding hydrogens is 456 g/mol. The van der Waals surface area contributed by atoms with Crippen LogP contribution in [0.2, 0.25) is 0 Å². The van der Waals surface area contributed by atoms with Crippen molar-refractivity contribution in [1.29, 1.82) is 0 Å². The van der Waals surface area contributed by atoms with Gasteiger partial charge in [-0.05, 0) is 42.9 Å². The molecule has 0 saturated carbocycles. The van der Waals surface area contributed by atoms with E-state index in [1.807, 2.05) is 43.4 Å². The van der Waals surface area contributed by atoms with Crippen molar-refractivity contribution < 1.29 is 19.1 Å². The predicted molar refractivity (Wildman–Crippen MR) is 141 cm³/mol. The van der Waals surface area contributed by atoms with Crippen LogP contribution in [0.4, 0.5) is 11.4 Å². The summed E-state index contributed by atoms with van der Waals surface area (Å²) < 4.78 is 4.80. The third-order valence-electron chi connectivity index (χ3n) is 5.92. The number of nitrogens with zero attached hydrogens (tertiary/aromatic N) is 1. The molecule has 8 heteroatoms. The Hall–Kier alpha value is -4.43. The summed E-state index contributed by atoms with van der Waals surface area (Å²) in [5.41, 5.74) is 4.58. The molecule has 184 valence electrons. The lowest BCUT2D eigenvalue weighted by Crippen LogP contribution is -2.32. The third kappa shape index (κ3) is 5.13. The minimum Gasteiger partial charge on any atom is -0.465 e. The van der Waals surface area contributed by atoms with Gasteiger partial charge in [-0.25, -0.2) is 4.79 Å². The van der Waals surface area contributed by atoms with E-state index in [1.54, 1.807) is 48.3 Å². The quantitative estimate of drug-likeness (QED) is 0.333. The number of hydrogen-bond acceptors (Lipinski definition) is 6. The zero-order valence-electron chi connectivity index (χ0n) is 20.4. The van der Waals surface area contributed by atoms with Gasteiger partial charge in [0, 0.05) is 37.0 Å². The Morgan fingerprint density at radius 3 is 2.42 bits per heavy atom. The number of esters is 1. The summed E-state index contributed by atoms with van der Waals surface area (Å²) in [6.07, 6.45) is 0. The van der Waals surface area contributed by atoms with Crippen molar-refractivity contribution >= 4 is 40.4 Å². The van der Waals surface area contributed by atoms with Gasteiger partial charge in [-0.3, -0.25) is 9.59 Å². The van der Waals surface area contributed by atoms with E-state index in [0.29, 0.717) is 52.4 Å². The fourth-order valence-corrected chi connectivity index (χ4v) is 4.03. The highest BCUT2D eigenvalue weighted by Crippen LogP contribution is 2.38. The lowest BCUT2D eigenvalue weighted by molar-refractivity contribution is -0.110. The highest BCUT2D eigenvalue weighted by atomic mass is 16.5. The summed E-state index contributed by atoms with van der Waals surface area (Å²) in [5, 5.41) is 9.28. The monoisotopic (exact) mass is 484 g/mol. The molecule has 0 bridgehead atoms. The van der Waals surface area contributed by atoms with Gasteiger partial charge in [-0.2, -0.15) is 0 Å². The number of ether oxygens (including phenoxy) is 1. The number of hydrogen-bond donors (Lipinski definition) is 3. The predicted octanol–water partition coefficient (Wildman–Crippen LogP) is 3.70. The van der Waals surface area contributed by atoms with Crippen LogP contribution in [0.25, 0.3) is 11.3 Å². The molecule has 3 aromatic rings. The zero-order valence-corrected chi connectivity index (χ0v) is 20.4. The van der Waals surface area contributed by atoms with E-state index in [0.717, 1.165) is 5.56 Å². The molecule has 0 radical (unpaired) electrons. The van der Waals surface area contributed by atoms with Crippen molar-refractivity contribution in [3.63, 3.8) is 0 Å². The number of rotatable bonds is 8. The largest absolute Gasteiger partial charge is 0.465 e. The van der Waals surface area contributed by atoms with Crippen molar-refractivity contribution in [3.05, 3.63) is 95.1 Å². The highest BCUT2D eigenvalue weighted by molar-refractivity contribution is 6.37. The summed E-state index contributed by atoms with van der Waals surface area (Å²) in [7, 11) is 4.92. The fraction of sp³-hybridized carbons (Fsp3) is 0.179. The SMILES string of the molecule is CNCCN(C)C(=O)c1cccc(N/C(=C2\C(=O)Nc3cc(C(=O)OC)ccc32)c2ccccc2)c1. The molecule has 0 atom stereocenters. The van der Waals surface area contributed by atoms with E-state index in [1.165, 1.54) is 7.11 Å². The minimum atomic E-state index is -0.480. The molecular formula is C28H28N4O4. The molecule has 0 unspecified atom stereocenters. The Balaban J connectivity index is 1.76. The molecule has 0 spiro atoms. The fourth-order valence-electron chi connectivity index (χ4n) is 4.03. The van der Waals surface area contributed by atoms with Crippen LogP contribution in [0, 0.1) is 0 Å². The van der Waals surface area contributed by atoms with Gasteiger partial charge in [-0.1, -0.05) is 42.5 Å². The van der Waals surface area contributed by atoms with E-state index >= 15 is 0 Å². The van der Waals surface area contributed by atoms with Crippen molar-refractivity contribution in [2.45, 2.75) is 0 Å². The molecule has 8 nitrogen and oxygen atoms in total. The van der Waals surface area contributed by atoms with E-state index in [2.05, 4.69) is 16.0 Å². The summed E-state index contributed by atoms with van der Waals surface area (Å²) in [5.74, 6) is -0.869. The van der Waals surface area contributed by atoms with Crippen LogP contribution in [-0.2, 0) is 9.53 Å². The van der Waals surface area contributed by atoms with Crippen molar-refractivity contribution in [1.82, 2.24) is 10.2 Å². The van der Waals surface area contributed by atoms with Crippen LogP contribution in [0.5, 0.6) is 0 Å². The molecule has 1 aliphatic rings. The molecule has 0 aliphatic carbocycles. The van der Waals surface area contributed by atoms with Gasteiger partial charge in [-0.15, -0.1) is 0 Å². The topological polar surface area (TPSA) is 99.8 Å². The average Bonchev–Trinajstić information content (AvgIpc) is 3.24. The maximum absolute atomic E-state index is 13.2. The van der Waals surface area contributed by atoms with Gasteiger partial charge in [0.05, 0.1) is 29.6 Å². The van der Waals surface area contributed by atoms with Gasteiger partial charge in [0.2, 0.25) is 0 Å². The Bertz CT molecular complexity index is 1330. The standard InChI is InChI=1S/C28H28N4O4/c1-29-14-15-32(2)27(34)19-10-7-11-21(16-19)30-25(18-8-5-4-6-9-18)24-22-13-12-20(28(35)36-3)17-23(22)31-26(24)33/h4-13,16-17,29-30H,14-15H2,1-3H3,(H,31,33)/b25-24-. The number of amides is 2.